The number of carbonyl (C=O) groups excluding carboxylic acids is 2. The molecule has 2 amide bonds. The SMILES string of the molecule is O=C(Nc1ccccc1C(=O)NC[C@H]1CCCO1)c1ccncc1. The minimum absolute atomic E-state index is 0.0764. The molecule has 0 unspecified atom stereocenters. The van der Waals surface area contributed by atoms with Crippen LogP contribution in [-0.4, -0.2) is 36.1 Å². The van der Waals surface area contributed by atoms with Gasteiger partial charge in [-0.2, -0.15) is 0 Å². The fourth-order valence-electron chi connectivity index (χ4n) is 2.59. The Balaban J connectivity index is 1.68. The van der Waals surface area contributed by atoms with Crippen LogP contribution in [0.5, 0.6) is 0 Å². The molecule has 1 saturated heterocycles. The van der Waals surface area contributed by atoms with E-state index < -0.39 is 0 Å². The van der Waals surface area contributed by atoms with E-state index in [1.54, 1.807) is 48.8 Å². The zero-order valence-electron chi connectivity index (χ0n) is 13.2. The predicted octanol–water partition coefficient (Wildman–Crippen LogP) is 2.24. The van der Waals surface area contributed by atoms with Gasteiger partial charge in [-0.25, -0.2) is 0 Å². The van der Waals surface area contributed by atoms with E-state index in [9.17, 15) is 9.59 Å². The molecule has 1 aliphatic rings. The highest BCUT2D eigenvalue weighted by molar-refractivity contribution is 6.08. The lowest BCUT2D eigenvalue weighted by atomic mass is 10.1. The third kappa shape index (κ3) is 3.97. The molecule has 0 aliphatic carbocycles. The summed E-state index contributed by atoms with van der Waals surface area (Å²) < 4.78 is 5.50. The first kappa shape index (κ1) is 16.1. The molecule has 1 atom stereocenters. The van der Waals surface area contributed by atoms with Crippen molar-refractivity contribution in [2.45, 2.75) is 18.9 Å². The molecular weight excluding hydrogens is 306 g/mol. The smallest absolute Gasteiger partial charge is 0.255 e. The summed E-state index contributed by atoms with van der Waals surface area (Å²) in [6, 6.07) is 10.2. The van der Waals surface area contributed by atoms with E-state index in [0.29, 0.717) is 23.4 Å². The number of ether oxygens (including phenoxy) is 1. The molecule has 2 heterocycles. The van der Waals surface area contributed by atoms with Crippen molar-refractivity contribution >= 4 is 17.5 Å². The molecule has 124 valence electrons. The third-order valence-corrected chi connectivity index (χ3v) is 3.88. The number of hydrogen-bond acceptors (Lipinski definition) is 4. The van der Waals surface area contributed by atoms with Gasteiger partial charge in [0, 0.05) is 31.1 Å². The Kier molecular flexibility index (Phi) is 5.18. The van der Waals surface area contributed by atoms with Crippen molar-refractivity contribution in [3.8, 4) is 0 Å². The molecule has 0 saturated carbocycles. The van der Waals surface area contributed by atoms with Crippen LogP contribution in [0.4, 0.5) is 5.69 Å². The van der Waals surface area contributed by atoms with Crippen molar-refractivity contribution in [2.24, 2.45) is 0 Å². The number of nitrogens with one attached hydrogen (secondary N) is 2. The maximum atomic E-state index is 12.4. The molecule has 1 aliphatic heterocycles. The second-order valence-electron chi connectivity index (χ2n) is 5.58. The second kappa shape index (κ2) is 7.70. The van der Waals surface area contributed by atoms with E-state index in [-0.39, 0.29) is 17.9 Å². The highest BCUT2D eigenvalue weighted by Crippen LogP contribution is 2.17. The average molecular weight is 325 g/mol. The Labute approximate surface area is 140 Å². The van der Waals surface area contributed by atoms with Crippen molar-refractivity contribution in [1.29, 1.82) is 0 Å². The Morgan fingerprint density at radius 1 is 1.12 bits per heavy atom. The fourth-order valence-corrected chi connectivity index (χ4v) is 2.59. The van der Waals surface area contributed by atoms with Crippen LogP contribution in [-0.2, 0) is 4.74 Å². The van der Waals surface area contributed by atoms with Crippen molar-refractivity contribution in [2.75, 3.05) is 18.5 Å². The number of aromatic nitrogens is 1. The summed E-state index contributed by atoms with van der Waals surface area (Å²) in [6.07, 6.45) is 5.16. The van der Waals surface area contributed by atoms with Crippen LogP contribution >= 0.6 is 0 Å². The van der Waals surface area contributed by atoms with Crippen molar-refractivity contribution < 1.29 is 14.3 Å². The van der Waals surface area contributed by atoms with Gasteiger partial charge in [0.15, 0.2) is 0 Å². The summed E-state index contributed by atoms with van der Waals surface area (Å²) in [7, 11) is 0. The van der Waals surface area contributed by atoms with Crippen LogP contribution < -0.4 is 10.6 Å². The number of amides is 2. The van der Waals surface area contributed by atoms with E-state index in [0.717, 1.165) is 19.4 Å². The van der Waals surface area contributed by atoms with Gasteiger partial charge in [0.25, 0.3) is 11.8 Å². The minimum atomic E-state index is -0.281. The normalized spacial score (nSPS) is 16.6. The molecule has 0 bridgehead atoms. The zero-order valence-corrected chi connectivity index (χ0v) is 13.2. The molecule has 1 aromatic heterocycles. The second-order valence-corrected chi connectivity index (χ2v) is 5.58. The minimum Gasteiger partial charge on any atom is -0.376 e. The fraction of sp³-hybridized carbons (Fsp3) is 0.278. The molecule has 1 fully saturated rings. The highest BCUT2D eigenvalue weighted by atomic mass is 16.5. The Hall–Kier alpha value is -2.73. The summed E-state index contributed by atoms with van der Waals surface area (Å²) in [4.78, 5) is 28.6. The van der Waals surface area contributed by atoms with E-state index in [1.807, 2.05) is 0 Å². The van der Waals surface area contributed by atoms with Crippen LogP contribution in [0.2, 0.25) is 0 Å². The lowest BCUT2D eigenvalue weighted by Crippen LogP contribution is -2.32. The molecule has 24 heavy (non-hydrogen) atoms. The van der Waals surface area contributed by atoms with Crippen molar-refractivity contribution in [3.63, 3.8) is 0 Å². The molecule has 3 rings (SSSR count). The number of pyridine rings is 1. The maximum Gasteiger partial charge on any atom is 0.255 e. The monoisotopic (exact) mass is 325 g/mol. The van der Waals surface area contributed by atoms with Crippen molar-refractivity contribution in [3.05, 3.63) is 59.9 Å². The van der Waals surface area contributed by atoms with Crippen LogP contribution in [0.3, 0.4) is 0 Å². The number of carbonyl (C=O) groups is 2. The van der Waals surface area contributed by atoms with E-state index >= 15 is 0 Å². The Morgan fingerprint density at radius 3 is 2.67 bits per heavy atom. The molecule has 2 aromatic rings. The molecule has 6 nitrogen and oxygen atoms in total. The number of nitrogens with zero attached hydrogens (tertiary/aromatic N) is 1. The van der Waals surface area contributed by atoms with Crippen LogP contribution in [0.25, 0.3) is 0 Å². The van der Waals surface area contributed by atoms with Gasteiger partial charge in [-0.1, -0.05) is 12.1 Å². The van der Waals surface area contributed by atoms with Gasteiger partial charge in [-0.05, 0) is 37.1 Å². The van der Waals surface area contributed by atoms with Crippen LogP contribution in [0.1, 0.15) is 33.6 Å². The topological polar surface area (TPSA) is 80.3 Å². The summed E-state index contributed by atoms with van der Waals surface area (Å²) in [5, 5.41) is 5.65. The number of para-hydroxylation sites is 1. The first-order chi connectivity index (χ1) is 11.7. The predicted molar refractivity (Wildman–Crippen MR) is 89.9 cm³/mol. The Bertz CT molecular complexity index is 712. The number of benzene rings is 1. The molecule has 2 N–H and O–H groups in total. The van der Waals surface area contributed by atoms with Gasteiger partial charge in [-0.15, -0.1) is 0 Å². The number of hydrogen-bond donors (Lipinski definition) is 2. The van der Waals surface area contributed by atoms with Gasteiger partial charge >= 0.3 is 0 Å². The molecular formula is C18H19N3O3. The quantitative estimate of drug-likeness (QED) is 0.883. The summed E-state index contributed by atoms with van der Waals surface area (Å²) in [5.41, 5.74) is 1.39. The lowest BCUT2D eigenvalue weighted by molar-refractivity contribution is 0.0858. The van der Waals surface area contributed by atoms with Crippen LogP contribution in [0.15, 0.2) is 48.8 Å². The first-order valence-electron chi connectivity index (χ1n) is 7.94. The van der Waals surface area contributed by atoms with Gasteiger partial charge in [0.1, 0.15) is 0 Å². The van der Waals surface area contributed by atoms with E-state index in [4.69, 9.17) is 4.74 Å². The maximum absolute atomic E-state index is 12.4. The lowest BCUT2D eigenvalue weighted by Gasteiger charge is -2.13. The van der Waals surface area contributed by atoms with Gasteiger partial charge < -0.3 is 15.4 Å². The largest absolute Gasteiger partial charge is 0.376 e. The number of rotatable bonds is 5. The van der Waals surface area contributed by atoms with Crippen molar-refractivity contribution in [1.82, 2.24) is 10.3 Å². The molecule has 0 spiro atoms. The standard InChI is InChI=1S/C18H19N3O3/c22-17(13-7-9-19-10-8-13)21-16-6-2-1-5-15(16)18(23)20-12-14-4-3-11-24-14/h1-2,5-10,14H,3-4,11-12H2,(H,20,23)(H,21,22)/t14-/m1/s1. The molecule has 1 aromatic carbocycles. The highest BCUT2D eigenvalue weighted by Gasteiger charge is 2.18. The molecule has 6 heteroatoms. The number of anilines is 1. The Morgan fingerprint density at radius 2 is 1.92 bits per heavy atom. The third-order valence-electron chi connectivity index (χ3n) is 3.88. The van der Waals surface area contributed by atoms with Crippen LogP contribution in [0, 0.1) is 0 Å². The van der Waals surface area contributed by atoms with Gasteiger partial charge in [0.2, 0.25) is 0 Å². The van der Waals surface area contributed by atoms with E-state index in [2.05, 4.69) is 15.6 Å². The molecule has 0 radical (unpaired) electrons. The summed E-state index contributed by atoms with van der Waals surface area (Å²) in [6.45, 7) is 1.23. The summed E-state index contributed by atoms with van der Waals surface area (Å²) in [5.74, 6) is -0.507. The van der Waals surface area contributed by atoms with Gasteiger partial charge in [-0.3, -0.25) is 14.6 Å². The zero-order chi connectivity index (χ0) is 16.8. The first-order valence-corrected chi connectivity index (χ1v) is 7.94. The summed E-state index contributed by atoms with van der Waals surface area (Å²) >= 11 is 0. The average Bonchev–Trinajstić information content (AvgIpc) is 3.14. The van der Waals surface area contributed by atoms with E-state index in [1.165, 1.54) is 0 Å². The van der Waals surface area contributed by atoms with Gasteiger partial charge in [0.05, 0.1) is 17.4 Å².